The fourth-order valence-electron chi connectivity index (χ4n) is 3.13. The Kier molecular flexibility index (Phi) is 7.06. The summed E-state index contributed by atoms with van der Waals surface area (Å²) in [6.45, 7) is 4.52. The molecule has 6 nitrogen and oxygen atoms in total. The quantitative estimate of drug-likeness (QED) is 0.610. The van der Waals surface area contributed by atoms with E-state index >= 15 is 0 Å². The number of amides is 2. The number of benzene rings is 1. The van der Waals surface area contributed by atoms with E-state index in [1.165, 1.54) is 12.1 Å². The summed E-state index contributed by atoms with van der Waals surface area (Å²) in [7, 11) is 1.84. The number of carbonyl (C=O) groups is 2. The van der Waals surface area contributed by atoms with Crippen molar-refractivity contribution in [1.82, 2.24) is 10.6 Å². The van der Waals surface area contributed by atoms with Crippen LogP contribution in [-0.4, -0.2) is 38.2 Å². The highest BCUT2D eigenvalue weighted by molar-refractivity contribution is 5.94. The lowest BCUT2D eigenvalue weighted by Crippen LogP contribution is -3.08. The van der Waals surface area contributed by atoms with Gasteiger partial charge in [-0.25, -0.2) is 9.59 Å². The molecule has 1 aromatic rings. The molecular weight excluding hydrogens is 375 g/mol. The van der Waals surface area contributed by atoms with Gasteiger partial charge in [-0.2, -0.15) is 13.2 Å². The molecule has 0 aromatic heterocycles. The standard InChI is InChI=1S/C19H24F3N3O3/c1-4-14-16(17(26)28-5-2)15(24-18(27)23-14)11-25(3)10-12-6-8-13(9-7-12)19(20,21)22/h6-9,14H,4-5,10-11H2,1-3H3,(H2,23,24,27)/p+1/t14-/m0/s1. The van der Waals surface area contributed by atoms with Gasteiger partial charge in [-0.1, -0.05) is 19.1 Å². The van der Waals surface area contributed by atoms with Crippen molar-refractivity contribution in [1.29, 1.82) is 0 Å². The Bertz CT molecular complexity index is 745. The van der Waals surface area contributed by atoms with Crippen LogP contribution in [0, 0.1) is 0 Å². The second kappa shape index (κ2) is 9.09. The van der Waals surface area contributed by atoms with E-state index in [1.807, 2.05) is 14.0 Å². The minimum absolute atomic E-state index is 0.217. The molecule has 154 valence electrons. The fraction of sp³-hybridized carbons (Fsp3) is 0.474. The van der Waals surface area contributed by atoms with E-state index in [2.05, 4.69) is 10.6 Å². The Labute approximate surface area is 161 Å². The molecule has 2 amide bonds. The van der Waals surface area contributed by atoms with Crippen molar-refractivity contribution in [3.05, 3.63) is 46.7 Å². The van der Waals surface area contributed by atoms with Gasteiger partial charge in [-0.3, -0.25) is 0 Å². The second-order valence-corrected chi connectivity index (χ2v) is 6.68. The SMILES string of the molecule is CCOC(=O)C1=C(C[NH+](C)Cc2ccc(C(F)(F)F)cc2)NC(=O)N[C@H]1CC. The van der Waals surface area contributed by atoms with Crippen molar-refractivity contribution in [3.63, 3.8) is 0 Å². The minimum atomic E-state index is -4.37. The molecule has 0 saturated carbocycles. The van der Waals surface area contributed by atoms with Crippen LogP contribution in [-0.2, 0) is 22.3 Å². The zero-order valence-electron chi connectivity index (χ0n) is 16.1. The Hall–Kier alpha value is -2.55. The number of nitrogens with one attached hydrogen (secondary N) is 3. The lowest BCUT2D eigenvalue weighted by atomic mass is 10.00. The van der Waals surface area contributed by atoms with Crippen LogP contribution in [0.1, 0.15) is 31.4 Å². The molecule has 9 heteroatoms. The number of carbonyl (C=O) groups excluding carboxylic acids is 2. The molecule has 1 unspecified atom stereocenters. The molecule has 0 fully saturated rings. The maximum Gasteiger partial charge on any atom is 0.416 e. The zero-order chi connectivity index (χ0) is 20.9. The summed E-state index contributed by atoms with van der Waals surface area (Å²) >= 11 is 0. The number of hydrogen-bond donors (Lipinski definition) is 3. The number of likely N-dealkylation sites (N-methyl/N-ethyl adjacent to an activating group) is 1. The third-order valence-electron chi connectivity index (χ3n) is 4.41. The first-order valence-electron chi connectivity index (χ1n) is 9.10. The van der Waals surface area contributed by atoms with Gasteiger partial charge in [0, 0.05) is 5.56 Å². The number of ether oxygens (including phenoxy) is 1. The third-order valence-corrected chi connectivity index (χ3v) is 4.41. The summed E-state index contributed by atoms with van der Waals surface area (Å²) in [5.74, 6) is -0.487. The number of hydrogen-bond acceptors (Lipinski definition) is 3. The van der Waals surface area contributed by atoms with E-state index in [-0.39, 0.29) is 6.61 Å². The van der Waals surface area contributed by atoms with Crippen LogP contribution in [0.3, 0.4) is 0 Å². The van der Waals surface area contributed by atoms with Crippen LogP contribution in [0.15, 0.2) is 35.5 Å². The molecular formula is C19H25F3N3O3+. The average Bonchev–Trinajstić information content (AvgIpc) is 2.60. The van der Waals surface area contributed by atoms with Gasteiger partial charge in [0.05, 0.1) is 36.5 Å². The van der Waals surface area contributed by atoms with E-state index in [0.717, 1.165) is 22.6 Å². The van der Waals surface area contributed by atoms with Crippen molar-refractivity contribution >= 4 is 12.0 Å². The molecule has 0 aliphatic carbocycles. The number of quaternary nitrogens is 1. The van der Waals surface area contributed by atoms with E-state index < -0.39 is 29.8 Å². The van der Waals surface area contributed by atoms with Crippen LogP contribution < -0.4 is 15.5 Å². The van der Waals surface area contributed by atoms with Crippen molar-refractivity contribution < 1.29 is 32.4 Å². The van der Waals surface area contributed by atoms with Gasteiger partial charge in [0.15, 0.2) is 0 Å². The lowest BCUT2D eigenvalue weighted by molar-refractivity contribution is -0.889. The predicted molar refractivity (Wildman–Crippen MR) is 96.3 cm³/mol. The summed E-state index contributed by atoms with van der Waals surface area (Å²) in [5.41, 5.74) is 0.878. The fourth-order valence-corrected chi connectivity index (χ4v) is 3.13. The number of halogens is 3. The lowest BCUT2D eigenvalue weighted by Gasteiger charge is -2.29. The first-order valence-corrected chi connectivity index (χ1v) is 9.10. The molecule has 2 atom stereocenters. The zero-order valence-corrected chi connectivity index (χ0v) is 16.1. The van der Waals surface area contributed by atoms with Gasteiger partial charge >= 0.3 is 18.2 Å². The first-order chi connectivity index (χ1) is 13.2. The Morgan fingerprint density at radius 2 is 1.82 bits per heavy atom. The maximum atomic E-state index is 12.7. The highest BCUT2D eigenvalue weighted by Crippen LogP contribution is 2.29. The van der Waals surface area contributed by atoms with Crippen LogP contribution >= 0.6 is 0 Å². The molecule has 0 radical (unpaired) electrons. The summed E-state index contributed by atoms with van der Waals surface area (Å²) in [5, 5.41) is 5.38. The van der Waals surface area contributed by atoms with E-state index in [0.29, 0.717) is 30.8 Å². The first kappa shape index (κ1) is 21.7. The predicted octanol–water partition coefficient (Wildman–Crippen LogP) is 1.63. The highest BCUT2D eigenvalue weighted by atomic mass is 19.4. The number of alkyl halides is 3. The number of esters is 1. The number of urea groups is 1. The van der Waals surface area contributed by atoms with Gasteiger partial charge in [0.2, 0.25) is 0 Å². The summed E-state index contributed by atoms with van der Waals surface area (Å²) < 4.78 is 43.2. The summed E-state index contributed by atoms with van der Waals surface area (Å²) in [6.07, 6.45) is -3.84. The summed E-state index contributed by atoms with van der Waals surface area (Å²) in [4.78, 5) is 25.2. The second-order valence-electron chi connectivity index (χ2n) is 6.68. The smallest absolute Gasteiger partial charge is 0.416 e. The maximum absolute atomic E-state index is 12.7. The van der Waals surface area contributed by atoms with E-state index in [4.69, 9.17) is 4.74 Å². The molecule has 2 rings (SSSR count). The molecule has 1 aromatic carbocycles. The molecule has 0 saturated heterocycles. The number of rotatable bonds is 7. The molecule has 0 bridgehead atoms. The van der Waals surface area contributed by atoms with E-state index in [9.17, 15) is 22.8 Å². The minimum Gasteiger partial charge on any atom is -0.463 e. The Balaban J connectivity index is 2.17. The monoisotopic (exact) mass is 400 g/mol. The Morgan fingerprint density at radius 3 is 2.36 bits per heavy atom. The van der Waals surface area contributed by atoms with Gasteiger partial charge in [0.25, 0.3) is 0 Å². The molecule has 1 aliphatic rings. The van der Waals surface area contributed by atoms with Crippen molar-refractivity contribution in [2.24, 2.45) is 0 Å². The molecule has 0 spiro atoms. The highest BCUT2D eigenvalue weighted by Gasteiger charge is 2.33. The molecule has 28 heavy (non-hydrogen) atoms. The normalized spacial score (nSPS) is 18.4. The van der Waals surface area contributed by atoms with Crippen molar-refractivity contribution in [2.75, 3.05) is 20.2 Å². The average molecular weight is 400 g/mol. The van der Waals surface area contributed by atoms with Crippen molar-refractivity contribution in [3.8, 4) is 0 Å². The van der Waals surface area contributed by atoms with Gasteiger partial charge < -0.3 is 20.3 Å². The Morgan fingerprint density at radius 1 is 1.18 bits per heavy atom. The van der Waals surface area contributed by atoms with Crippen LogP contribution in [0.4, 0.5) is 18.0 Å². The van der Waals surface area contributed by atoms with E-state index in [1.54, 1.807) is 6.92 Å². The van der Waals surface area contributed by atoms with Crippen molar-refractivity contribution in [2.45, 2.75) is 39.0 Å². The third kappa shape index (κ3) is 5.48. The van der Waals surface area contributed by atoms with Crippen LogP contribution in [0.2, 0.25) is 0 Å². The molecule has 1 heterocycles. The van der Waals surface area contributed by atoms with Crippen LogP contribution in [0.25, 0.3) is 0 Å². The van der Waals surface area contributed by atoms with Gasteiger partial charge in [-0.15, -0.1) is 0 Å². The summed E-state index contributed by atoms with van der Waals surface area (Å²) in [6, 6.07) is 4.13. The van der Waals surface area contributed by atoms with Gasteiger partial charge in [0.1, 0.15) is 13.1 Å². The largest absolute Gasteiger partial charge is 0.463 e. The molecule has 3 N–H and O–H groups in total. The topological polar surface area (TPSA) is 71.9 Å². The van der Waals surface area contributed by atoms with Crippen LogP contribution in [0.5, 0.6) is 0 Å². The molecule has 1 aliphatic heterocycles. The van der Waals surface area contributed by atoms with Gasteiger partial charge in [-0.05, 0) is 25.5 Å².